The molecule has 112 valence electrons. The van der Waals surface area contributed by atoms with Gasteiger partial charge in [0.1, 0.15) is 5.75 Å². The zero-order valence-corrected chi connectivity index (χ0v) is 14.4. The Kier molecular flexibility index (Phi) is 5.33. The van der Waals surface area contributed by atoms with E-state index >= 15 is 0 Å². The van der Waals surface area contributed by atoms with Crippen LogP contribution >= 0.6 is 15.9 Å². The third kappa shape index (κ3) is 3.29. The van der Waals surface area contributed by atoms with Crippen molar-refractivity contribution in [3.05, 3.63) is 22.7 Å². The van der Waals surface area contributed by atoms with Gasteiger partial charge in [-0.15, -0.1) is 0 Å². The maximum absolute atomic E-state index is 5.42. The third-order valence-electron chi connectivity index (χ3n) is 4.40. The SMILES string of the molecule is CCC(C)C1CN(c2ccc(Br)c(OC)c2)C(C)CN1. The van der Waals surface area contributed by atoms with Crippen LogP contribution in [0.15, 0.2) is 22.7 Å². The van der Waals surface area contributed by atoms with Crippen molar-refractivity contribution in [3.8, 4) is 5.75 Å². The van der Waals surface area contributed by atoms with Crippen molar-refractivity contribution < 1.29 is 4.74 Å². The molecule has 20 heavy (non-hydrogen) atoms. The highest BCUT2D eigenvalue weighted by atomic mass is 79.9. The van der Waals surface area contributed by atoms with Gasteiger partial charge in [-0.2, -0.15) is 0 Å². The summed E-state index contributed by atoms with van der Waals surface area (Å²) in [6.07, 6.45) is 1.21. The highest BCUT2D eigenvalue weighted by Gasteiger charge is 2.28. The largest absolute Gasteiger partial charge is 0.495 e. The van der Waals surface area contributed by atoms with E-state index in [9.17, 15) is 0 Å². The van der Waals surface area contributed by atoms with Crippen molar-refractivity contribution in [2.24, 2.45) is 5.92 Å². The molecular formula is C16H25BrN2O. The Balaban J connectivity index is 2.20. The second-order valence-electron chi connectivity index (χ2n) is 5.72. The van der Waals surface area contributed by atoms with Crippen LogP contribution in [0.5, 0.6) is 5.75 Å². The first kappa shape index (κ1) is 15.6. The molecule has 3 unspecified atom stereocenters. The number of benzene rings is 1. The van der Waals surface area contributed by atoms with Gasteiger partial charge in [0, 0.05) is 36.9 Å². The number of nitrogens with one attached hydrogen (secondary N) is 1. The molecule has 4 heteroatoms. The van der Waals surface area contributed by atoms with Crippen molar-refractivity contribution in [3.63, 3.8) is 0 Å². The Morgan fingerprint density at radius 2 is 2.25 bits per heavy atom. The van der Waals surface area contributed by atoms with Crippen molar-refractivity contribution in [2.75, 3.05) is 25.1 Å². The molecule has 0 radical (unpaired) electrons. The molecule has 1 aromatic rings. The summed E-state index contributed by atoms with van der Waals surface area (Å²) in [6.45, 7) is 8.95. The van der Waals surface area contributed by atoms with Crippen molar-refractivity contribution in [1.82, 2.24) is 5.32 Å². The van der Waals surface area contributed by atoms with Crippen molar-refractivity contribution in [2.45, 2.75) is 39.3 Å². The lowest BCUT2D eigenvalue weighted by molar-refractivity contribution is 0.315. The molecule has 1 heterocycles. The van der Waals surface area contributed by atoms with Crippen LogP contribution in [0.1, 0.15) is 27.2 Å². The van der Waals surface area contributed by atoms with E-state index in [2.05, 4.69) is 65.1 Å². The van der Waals surface area contributed by atoms with Crippen LogP contribution in [0.3, 0.4) is 0 Å². The third-order valence-corrected chi connectivity index (χ3v) is 5.05. The lowest BCUT2D eigenvalue weighted by Gasteiger charge is -2.42. The van der Waals surface area contributed by atoms with Gasteiger partial charge in [0.05, 0.1) is 11.6 Å². The molecule has 0 amide bonds. The van der Waals surface area contributed by atoms with Gasteiger partial charge >= 0.3 is 0 Å². The van der Waals surface area contributed by atoms with Gasteiger partial charge in [-0.05, 0) is 40.9 Å². The van der Waals surface area contributed by atoms with E-state index in [1.165, 1.54) is 12.1 Å². The highest BCUT2D eigenvalue weighted by Crippen LogP contribution is 2.31. The topological polar surface area (TPSA) is 24.5 Å². The second-order valence-corrected chi connectivity index (χ2v) is 6.57. The Labute approximate surface area is 130 Å². The number of ether oxygens (including phenoxy) is 1. The number of piperazine rings is 1. The second kappa shape index (κ2) is 6.81. The van der Waals surface area contributed by atoms with E-state index in [0.717, 1.165) is 23.3 Å². The summed E-state index contributed by atoms with van der Waals surface area (Å²) in [4.78, 5) is 2.49. The molecule has 1 saturated heterocycles. The predicted octanol–water partition coefficient (Wildman–Crippen LogP) is 3.67. The van der Waals surface area contributed by atoms with E-state index in [1.807, 2.05) is 0 Å². The normalized spacial score (nSPS) is 24.6. The first-order valence-electron chi connectivity index (χ1n) is 7.40. The van der Waals surface area contributed by atoms with Gasteiger partial charge in [-0.25, -0.2) is 0 Å². The fourth-order valence-corrected chi connectivity index (χ4v) is 3.15. The highest BCUT2D eigenvalue weighted by molar-refractivity contribution is 9.10. The number of hydrogen-bond donors (Lipinski definition) is 1. The smallest absolute Gasteiger partial charge is 0.135 e. The Morgan fingerprint density at radius 1 is 1.50 bits per heavy atom. The van der Waals surface area contributed by atoms with Crippen LogP contribution in [0.2, 0.25) is 0 Å². The number of hydrogen-bond acceptors (Lipinski definition) is 3. The average Bonchev–Trinajstić information content (AvgIpc) is 2.47. The van der Waals surface area contributed by atoms with Crippen LogP contribution in [-0.2, 0) is 0 Å². The Bertz CT molecular complexity index is 452. The van der Waals surface area contributed by atoms with Crippen molar-refractivity contribution in [1.29, 1.82) is 0 Å². The summed E-state index contributed by atoms with van der Waals surface area (Å²) in [5, 5.41) is 3.68. The summed E-state index contributed by atoms with van der Waals surface area (Å²) < 4.78 is 6.42. The summed E-state index contributed by atoms with van der Waals surface area (Å²) in [6, 6.07) is 7.43. The molecule has 0 saturated carbocycles. The van der Waals surface area contributed by atoms with Gasteiger partial charge in [-0.1, -0.05) is 20.3 Å². The summed E-state index contributed by atoms with van der Waals surface area (Å²) >= 11 is 3.52. The summed E-state index contributed by atoms with van der Waals surface area (Å²) in [5.41, 5.74) is 1.24. The predicted molar refractivity (Wildman–Crippen MR) is 88.7 cm³/mol. The quantitative estimate of drug-likeness (QED) is 0.904. The van der Waals surface area contributed by atoms with E-state index < -0.39 is 0 Å². The van der Waals surface area contributed by atoms with Crippen LogP contribution in [0.25, 0.3) is 0 Å². The first-order chi connectivity index (χ1) is 9.56. The molecule has 1 aliphatic heterocycles. The minimum Gasteiger partial charge on any atom is -0.495 e. The maximum atomic E-state index is 5.42. The van der Waals surface area contributed by atoms with Crippen LogP contribution in [-0.4, -0.2) is 32.3 Å². The molecule has 0 aliphatic carbocycles. The maximum Gasteiger partial charge on any atom is 0.135 e. The van der Waals surface area contributed by atoms with Crippen LogP contribution in [0, 0.1) is 5.92 Å². The fraction of sp³-hybridized carbons (Fsp3) is 0.625. The van der Waals surface area contributed by atoms with Gasteiger partial charge in [0.2, 0.25) is 0 Å². The first-order valence-corrected chi connectivity index (χ1v) is 8.19. The van der Waals surface area contributed by atoms with Gasteiger partial charge in [0.25, 0.3) is 0 Å². The molecule has 1 N–H and O–H groups in total. The number of nitrogens with zero attached hydrogens (tertiary/aromatic N) is 1. The van der Waals surface area contributed by atoms with E-state index in [4.69, 9.17) is 4.74 Å². The molecule has 0 spiro atoms. The molecule has 1 aliphatic rings. The van der Waals surface area contributed by atoms with Crippen LogP contribution in [0.4, 0.5) is 5.69 Å². The van der Waals surface area contributed by atoms with Crippen LogP contribution < -0.4 is 15.0 Å². The van der Waals surface area contributed by atoms with E-state index in [-0.39, 0.29) is 0 Å². The lowest BCUT2D eigenvalue weighted by Crippen LogP contribution is -2.57. The molecule has 1 fully saturated rings. The number of halogens is 1. The van der Waals surface area contributed by atoms with E-state index in [0.29, 0.717) is 18.0 Å². The zero-order chi connectivity index (χ0) is 14.7. The molecule has 3 nitrogen and oxygen atoms in total. The monoisotopic (exact) mass is 340 g/mol. The lowest BCUT2D eigenvalue weighted by atomic mass is 9.95. The van der Waals surface area contributed by atoms with Gasteiger partial charge in [0.15, 0.2) is 0 Å². The zero-order valence-electron chi connectivity index (χ0n) is 12.8. The molecule has 0 bridgehead atoms. The molecule has 1 aromatic carbocycles. The number of methoxy groups -OCH3 is 1. The minimum atomic E-state index is 0.501. The summed E-state index contributed by atoms with van der Waals surface area (Å²) in [7, 11) is 1.72. The molecule has 3 atom stereocenters. The number of rotatable bonds is 4. The number of anilines is 1. The standard InChI is InChI=1S/C16H25BrN2O/c1-5-11(2)15-10-19(12(3)9-18-15)13-6-7-14(17)16(8-13)20-4/h6-8,11-12,15,18H,5,9-10H2,1-4H3. The minimum absolute atomic E-state index is 0.501. The molecule has 2 rings (SSSR count). The van der Waals surface area contributed by atoms with Crippen molar-refractivity contribution >= 4 is 21.6 Å². The van der Waals surface area contributed by atoms with Gasteiger partial charge in [-0.3, -0.25) is 0 Å². The molecule has 0 aromatic heterocycles. The Morgan fingerprint density at radius 3 is 2.90 bits per heavy atom. The Hall–Kier alpha value is -0.740. The fourth-order valence-electron chi connectivity index (χ4n) is 2.74. The van der Waals surface area contributed by atoms with Gasteiger partial charge < -0.3 is 15.0 Å². The van der Waals surface area contributed by atoms with E-state index in [1.54, 1.807) is 7.11 Å². The molecular weight excluding hydrogens is 316 g/mol. The average molecular weight is 341 g/mol. The summed E-state index contributed by atoms with van der Waals surface area (Å²) in [5.74, 6) is 1.59.